The van der Waals surface area contributed by atoms with Gasteiger partial charge in [-0.3, -0.25) is 9.59 Å². The summed E-state index contributed by atoms with van der Waals surface area (Å²) in [5.41, 5.74) is 12.0. The molecule has 0 spiro atoms. The van der Waals surface area contributed by atoms with E-state index in [0.717, 1.165) is 5.56 Å². The van der Waals surface area contributed by atoms with Gasteiger partial charge in [0, 0.05) is 13.1 Å². The van der Waals surface area contributed by atoms with E-state index in [9.17, 15) is 14.7 Å². The van der Waals surface area contributed by atoms with Crippen LogP contribution in [-0.2, 0) is 16.0 Å². The van der Waals surface area contributed by atoms with Crippen LogP contribution in [0.3, 0.4) is 0 Å². The molecule has 0 aliphatic carbocycles. The maximum atomic E-state index is 12.2. The molecular weight excluding hydrogens is 258 g/mol. The highest BCUT2D eigenvalue weighted by Crippen LogP contribution is 2.17. The Labute approximate surface area is 117 Å². The van der Waals surface area contributed by atoms with E-state index in [2.05, 4.69) is 0 Å². The molecule has 5 N–H and O–H groups in total. The highest BCUT2D eigenvalue weighted by atomic mass is 16.3. The standard InChI is InChI=1S/C14H19N3O3/c15-12(7-9-1-3-11(18)4-2-9)14(20)17-6-5-10(8-17)13(16)19/h1-4,10,12,18H,5-8,15H2,(H2,16,19)/t10?,12-/m1/s1. The summed E-state index contributed by atoms with van der Waals surface area (Å²) in [5.74, 6) is -0.619. The Morgan fingerprint density at radius 2 is 2.00 bits per heavy atom. The Morgan fingerprint density at radius 3 is 2.55 bits per heavy atom. The fourth-order valence-electron chi connectivity index (χ4n) is 2.40. The van der Waals surface area contributed by atoms with Crippen LogP contribution in [0.1, 0.15) is 12.0 Å². The Morgan fingerprint density at radius 1 is 1.35 bits per heavy atom. The molecule has 0 aromatic heterocycles. The van der Waals surface area contributed by atoms with Gasteiger partial charge in [0.05, 0.1) is 12.0 Å². The smallest absolute Gasteiger partial charge is 0.239 e. The summed E-state index contributed by atoms with van der Waals surface area (Å²) in [6.45, 7) is 0.882. The van der Waals surface area contributed by atoms with Crippen LogP contribution in [0.5, 0.6) is 5.75 Å². The Bertz CT molecular complexity index is 501. The number of phenols is 1. The van der Waals surface area contributed by atoms with E-state index in [1.807, 2.05) is 0 Å². The summed E-state index contributed by atoms with van der Waals surface area (Å²) in [5, 5.41) is 9.20. The van der Waals surface area contributed by atoms with E-state index >= 15 is 0 Å². The summed E-state index contributed by atoms with van der Waals surface area (Å²) >= 11 is 0. The van der Waals surface area contributed by atoms with Crippen molar-refractivity contribution >= 4 is 11.8 Å². The third-order valence-corrected chi connectivity index (χ3v) is 3.61. The van der Waals surface area contributed by atoms with E-state index in [1.165, 1.54) is 0 Å². The summed E-state index contributed by atoms with van der Waals surface area (Å²) in [6, 6.07) is 5.94. The van der Waals surface area contributed by atoms with E-state index < -0.39 is 6.04 Å². The van der Waals surface area contributed by atoms with Gasteiger partial charge in [0.15, 0.2) is 0 Å². The van der Waals surface area contributed by atoms with Crippen LogP contribution in [0.15, 0.2) is 24.3 Å². The molecule has 6 heteroatoms. The highest BCUT2D eigenvalue weighted by molar-refractivity contribution is 5.84. The first-order valence-electron chi connectivity index (χ1n) is 6.59. The number of rotatable bonds is 4. The van der Waals surface area contributed by atoms with Crippen molar-refractivity contribution in [3.8, 4) is 5.75 Å². The van der Waals surface area contributed by atoms with Crippen LogP contribution < -0.4 is 11.5 Å². The van der Waals surface area contributed by atoms with Crippen molar-refractivity contribution in [1.29, 1.82) is 0 Å². The topological polar surface area (TPSA) is 110 Å². The van der Waals surface area contributed by atoms with Gasteiger partial charge in [-0.25, -0.2) is 0 Å². The van der Waals surface area contributed by atoms with Crippen molar-refractivity contribution in [3.63, 3.8) is 0 Å². The molecule has 1 fully saturated rings. The van der Waals surface area contributed by atoms with Crippen LogP contribution in [0.2, 0.25) is 0 Å². The second-order valence-electron chi connectivity index (χ2n) is 5.15. The van der Waals surface area contributed by atoms with Crippen LogP contribution in [0.4, 0.5) is 0 Å². The summed E-state index contributed by atoms with van der Waals surface area (Å²) in [6.07, 6.45) is 1.00. The van der Waals surface area contributed by atoms with Gasteiger partial charge in [0.1, 0.15) is 5.75 Å². The fourth-order valence-corrected chi connectivity index (χ4v) is 2.40. The normalized spacial score (nSPS) is 19.9. The molecule has 2 atom stereocenters. The van der Waals surface area contributed by atoms with Crippen molar-refractivity contribution in [1.82, 2.24) is 4.90 Å². The zero-order valence-corrected chi connectivity index (χ0v) is 11.2. The van der Waals surface area contributed by atoms with E-state index in [4.69, 9.17) is 11.5 Å². The Balaban J connectivity index is 1.92. The zero-order valence-electron chi connectivity index (χ0n) is 11.2. The van der Waals surface area contributed by atoms with Gasteiger partial charge in [-0.1, -0.05) is 12.1 Å². The molecule has 1 aliphatic heterocycles. The number of nitrogens with zero attached hydrogens (tertiary/aromatic N) is 1. The minimum absolute atomic E-state index is 0.165. The average Bonchev–Trinajstić information content (AvgIpc) is 2.90. The molecule has 108 valence electrons. The van der Waals surface area contributed by atoms with E-state index in [1.54, 1.807) is 29.2 Å². The van der Waals surface area contributed by atoms with Gasteiger partial charge in [-0.2, -0.15) is 0 Å². The molecule has 1 aromatic rings. The number of hydrogen-bond acceptors (Lipinski definition) is 4. The van der Waals surface area contributed by atoms with Crippen LogP contribution in [0.25, 0.3) is 0 Å². The third-order valence-electron chi connectivity index (χ3n) is 3.61. The molecule has 2 rings (SSSR count). The number of phenolic OH excluding ortho intramolecular Hbond substituents is 1. The van der Waals surface area contributed by atoms with Gasteiger partial charge in [-0.05, 0) is 30.5 Å². The number of carbonyl (C=O) groups excluding carboxylic acids is 2. The maximum absolute atomic E-state index is 12.2. The molecule has 1 saturated heterocycles. The lowest BCUT2D eigenvalue weighted by molar-refractivity contribution is -0.131. The minimum Gasteiger partial charge on any atom is -0.508 e. The molecule has 0 saturated carbocycles. The van der Waals surface area contributed by atoms with Gasteiger partial charge in [-0.15, -0.1) is 0 Å². The molecule has 1 heterocycles. The minimum atomic E-state index is -0.647. The number of benzene rings is 1. The highest BCUT2D eigenvalue weighted by Gasteiger charge is 2.31. The van der Waals surface area contributed by atoms with Crippen molar-refractivity contribution in [2.45, 2.75) is 18.9 Å². The van der Waals surface area contributed by atoms with Gasteiger partial charge in [0.25, 0.3) is 0 Å². The first-order chi connectivity index (χ1) is 9.47. The second-order valence-corrected chi connectivity index (χ2v) is 5.15. The van der Waals surface area contributed by atoms with Gasteiger partial charge < -0.3 is 21.5 Å². The lowest BCUT2D eigenvalue weighted by Gasteiger charge is -2.20. The van der Waals surface area contributed by atoms with Crippen LogP contribution in [-0.4, -0.2) is 41.0 Å². The van der Waals surface area contributed by atoms with Crippen molar-refractivity contribution in [3.05, 3.63) is 29.8 Å². The lowest BCUT2D eigenvalue weighted by atomic mass is 10.1. The number of hydrogen-bond donors (Lipinski definition) is 3. The summed E-state index contributed by atoms with van der Waals surface area (Å²) in [4.78, 5) is 24.9. The van der Waals surface area contributed by atoms with Crippen LogP contribution >= 0.6 is 0 Å². The predicted molar refractivity (Wildman–Crippen MR) is 73.7 cm³/mol. The molecule has 1 aliphatic rings. The molecule has 0 bridgehead atoms. The number of aromatic hydroxyl groups is 1. The largest absolute Gasteiger partial charge is 0.508 e. The Hall–Kier alpha value is -2.08. The molecule has 1 aromatic carbocycles. The van der Waals surface area contributed by atoms with Crippen molar-refractivity contribution < 1.29 is 14.7 Å². The van der Waals surface area contributed by atoms with Crippen molar-refractivity contribution in [2.75, 3.05) is 13.1 Å². The van der Waals surface area contributed by atoms with Crippen molar-refractivity contribution in [2.24, 2.45) is 17.4 Å². The number of amides is 2. The number of likely N-dealkylation sites (tertiary alicyclic amines) is 1. The maximum Gasteiger partial charge on any atom is 0.239 e. The SMILES string of the molecule is NC(=O)C1CCN(C(=O)[C@H](N)Cc2ccc(O)cc2)C1. The average molecular weight is 277 g/mol. The molecule has 0 radical (unpaired) electrons. The Kier molecular flexibility index (Phi) is 4.24. The molecule has 6 nitrogen and oxygen atoms in total. The summed E-state index contributed by atoms with van der Waals surface area (Å²) in [7, 11) is 0. The quantitative estimate of drug-likeness (QED) is 0.695. The molecule has 1 unspecified atom stereocenters. The summed E-state index contributed by atoms with van der Waals surface area (Å²) < 4.78 is 0. The molecule has 20 heavy (non-hydrogen) atoms. The van der Waals surface area contributed by atoms with E-state index in [0.29, 0.717) is 25.9 Å². The van der Waals surface area contributed by atoms with Gasteiger partial charge >= 0.3 is 0 Å². The first-order valence-corrected chi connectivity index (χ1v) is 6.59. The number of carbonyl (C=O) groups is 2. The monoisotopic (exact) mass is 277 g/mol. The zero-order chi connectivity index (χ0) is 14.7. The predicted octanol–water partition coefficient (Wildman–Crippen LogP) is -0.404. The number of primary amides is 1. The fraction of sp³-hybridized carbons (Fsp3) is 0.429. The first kappa shape index (κ1) is 14.3. The number of nitrogens with two attached hydrogens (primary N) is 2. The molecule has 2 amide bonds. The second kappa shape index (κ2) is 5.92. The van der Waals surface area contributed by atoms with E-state index in [-0.39, 0.29) is 23.5 Å². The lowest BCUT2D eigenvalue weighted by Crippen LogP contribution is -2.44. The van der Waals surface area contributed by atoms with Gasteiger partial charge in [0.2, 0.25) is 11.8 Å². The molecular formula is C14H19N3O3. The van der Waals surface area contributed by atoms with Crippen LogP contribution in [0, 0.1) is 5.92 Å². The third kappa shape index (κ3) is 3.27.